The number of hydrogen-bond donors (Lipinski definition) is 1. The summed E-state index contributed by atoms with van der Waals surface area (Å²) in [4.78, 5) is 19.7. The number of benzene rings is 2. The zero-order valence-electron chi connectivity index (χ0n) is 19.9. The van der Waals surface area contributed by atoms with Crippen molar-refractivity contribution in [1.29, 1.82) is 0 Å². The van der Waals surface area contributed by atoms with Crippen LogP contribution in [0.15, 0.2) is 42.5 Å². The second-order valence-corrected chi connectivity index (χ2v) is 10.2. The summed E-state index contributed by atoms with van der Waals surface area (Å²) in [6.07, 6.45) is 7.88. The highest BCUT2D eigenvalue weighted by Crippen LogP contribution is 2.29. The van der Waals surface area contributed by atoms with Crippen molar-refractivity contribution in [2.24, 2.45) is 0 Å². The summed E-state index contributed by atoms with van der Waals surface area (Å²) in [7, 11) is 2.20. The highest BCUT2D eigenvalue weighted by Gasteiger charge is 2.28. The normalized spacial score (nSPS) is 20.3. The van der Waals surface area contributed by atoms with E-state index in [1.165, 1.54) is 48.9 Å². The van der Waals surface area contributed by atoms with Gasteiger partial charge in [0.1, 0.15) is 0 Å². The quantitative estimate of drug-likeness (QED) is 0.730. The molecule has 0 aromatic heterocycles. The summed E-state index contributed by atoms with van der Waals surface area (Å²) in [5, 5.41) is 10.8. The first-order valence-corrected chi connectivity index (χ1v) is 12.7. The number of β-amino-alcohol motifs (C(OH)–C–C–N with tert-alkyl or cyclic N) is 1. The molecule has 5 rings (SSSR count). The number of amides is 1. The third kappa shape index (κ3) is 4.95. The third-order valence-corrected chi connectivity index (χ3v) is 7.90. The van der Waals surface area contributed by atoms with Crippen LogP contribution in [0, 0.1) is 0 Å². The zero-order chi connectivity index (χ0) is 22.8. The van der Waals surface area contributed by atoms with E-state index in [2.05, 4.69) is 53.2 Å². The lowest BCUT2D eigenvalue weighted by Crippen LogP contribution is -2.46. The molecule has 0 saturated heterocycles. The summed E-state index contributed by atoms with van der Waals surface area (Å²) < 4.78 is 0. The molecule has 33 heavy (non-hydrogen) atoms. The summed E-state index contributed by atoms with van der Waals surface area (Å²) in [5.41, 5.74) is 5.96. The van der Waals surface area contributed by atoms with Crippen LogP contribution in [0.4, 0.5) is 5.69 Å². The van der Waals surface area contributed by atoms with Gasteiger partial charge in [-0.1, -0.05) is 43.5 Å². The first kappa shape index (κ1) is 22.4. The Morgan fingerprint density at radius 1 is 0.970 bits per heavy atom. The molecule has 1 unspecified atom stereocenters. The highest BCUT2D eigenvalue weighted by molar-refractivity contribution is 5.97. The number of hydrogen-bond acceptors (Lipinski definition) is 4. The lowest BCUT2D eigenvalue weighted by molar-refractivity contribution is 0.0493. The maximum atomic E-state index is 13.2. The Kier molecular flexibility index (Phi) is 6.70. The molecule has 0 bridgehead atoms. The molecule has 1 atom stereocenters. The standard InChI is InChI=1S/C28H37N3O2/c1-29(24-9-3-2-4-10-24)25-11-12-27-22(17-25)14-16-31(28(27)33)20-26(32)19-30-15-13-21-7-5-6-8-23(21)18-30/h5-8,11-12,17,24,26,32H,2-4,9-10,13-16,18-20H2,1H3. The van der Waals surface area contributed by atoms with E-state index in [-0.39, 0.29) is 5.91 Å². The van der Waals surface area contributed by atoms with E-state index in [4.69, 9.17) is 0 Å². The van der Waals surface area contributed by atoms with Crippen LogP contribution in [0.2, 0.25) is 0 Å². The van der Waals surface area contributed by atoms with Crippen LogP contribution >= 0.6 is 0 Å². The molecule has 5 nitrogen and oxygen atoms in total. The highest BCUT2D eigenvalue weighted by atomic mass is 16.3. The van der Waals surface area contributed by atoms with Gasteiger partial charge in [0, 0.05) is 57.1 Å². The third-order valence-electron chi connectivity index (χ3n) is 7.90. The second-order valence-electron chi connectivity index (χ2n) is 10.2. The molecular formula is C28H37N3O2. The topological polar surface area (TPSA) is 47.0 Å². The number of carbonyl (C=O) groups is 1. The van der Waals surface area contributed by atoms with E-state index < -0.39 is 6.10 Å². The minimum atomic E-state index is -0.530. The van der Waals surface area contributed by atoms with Gasteiger partial charge >= 0.3 is 0 Å². The predicted octanol–water partition coefficient (Wildman–Crippen LogP) is 3.87. The first-order valence-electron chi connectivity index (χ1n) is 12.7. The molecule has 0 spiro atoms. The lowest BCUT2D eigenvalue weighted by Gasteiger charge is -2.35. The van der Waals surface area contributed by atoms with Gasteiger partial charge in [0.2, 0.25) is 0 Å². The molecule has 2 aliphatic heterocycles. The number of carbonyl (C=O) groups excluding carboxylic acids is 1. The van der Waals surface area contributed by atoms with Crippen molar-refractivity contribution >= 4 is 11.6 Å². The van der Waals surface area contributed by atoms with Crippen LogP contribution in [0.1, 0.15) is 59.2 Å². The van der Waals surface area contributed by atoms with Crippen LogP contribution in [0.5, 0.6) is 0 Å². The maximum Gasteiger partial charge on any atom is 0.254 e. The fraction of sp³-hybridized carbons (Fsp3) is 0.536. The van der Waals surface area contributed by atoms with Crippen molar-refractivity contribution in [3.63, 3.8) is 0 Å². The monoisotopic (exact) mass is 447 g/mol. The molecule has 1 N–H and O–H groups in total. The summed E-state index contributed by atoms with van der Waals surface area (Å²) in [6, 6.07) is 15.5. The van der Waals surface area contributed by atoms with Gasteiger partial charge in [-0.15, -0.1) is 0 Å². The van der Waals surface area contributed by atoms with Crippen molar-refractivity contribution in [3.05, 3.63) is 64.7 Å². The molecule has 1 aliphatic carbocycles. The van der Waals surface area contributed by atoms with Gasteiger partial charge in [0.05, 0.1) is 6.10 Å². The van der Waals surface area contributed by atoms with Crippen molar-refractivity contribution in [2.75, 3.05) is 38.1 Å². The van der Waals surface area contributed by atoms with Gasteiger partial charge in [-0.25, -0.2) is 0 Å². The first-order chi connectivity index (χ1) is 16.1. The SMILES string of the molecule is CN(c1ccc2c(c1)CCN(CC(O)CN1CCc3ccccc3C1)C2=O)C1CCCCC1. The molecule has 1 fully saturated rings. The Bertz CT molecular complexity index is 985. The summed E-state index contributed by atoms with van der Waals surface area (Å²) in [5.74, 6) is 0.0613. The number of fused-ring (bicyclic) bond motifs is 2. The van der Waals surface area contributed by atoms with Crippen molar-refractivity contribution < 1.29 is 9.90 Å². The van der Waals surface area contributed by atoms with E-state index in [0.717, 1.165) is 37.1 Å². The molecular weight excluding hydrogens is 410 g/mol. The predicted molar refractivity (Wildman–Crippen MR) is 133 cm³/mol. The van der Waals surface area contributed by atoms with Crippen LogP contribution in [-0.4, -0.2) is 66.2 Å². The average molecular weight is 448 g/mol. The Morgan fingerprint density at radius 2 is 1.73 bits per heavy atom. The molecule has 2 aromatic carbocycles. The van der Waals surface area contributed by atoms with Crippen LogP contribution < -0.4 is 4.90 Å². The van der Waals surface area contributed by atoms with Gasteiger partial charge in [0.25, 0.3) is 5.91 Å². The van der Waals surface area contributed by atoms with Gasteiger partial charge < -0.3 is 14.9 Å². The fourth-order valence-electron chi connectivity index (χ4n) is 5.92. The van der Waals surface area contributed by atoms with Crippen molar-refractivity contribution in [1.82, 2.24) is 9.80 Å². The Hall–Kier alpha value is -2.37. The van der Waals surface area contributed by atoms with Gasteiger partial charge in [-0.05, 0) is 60.6 Å². The minimum absolute atomic E-state index is 0.0613. The molecule has 176 valence electrons. The summed E-state index contributed by atoms with van der Waals surface area (Å²) in [6.45, 7) is 3.53. The van der Waals surface area contributed by atoms with Crippen LogP contribution in [0.25, 0.3) is 0 Å². The van der Waals surface area contributed by atoms with E-state index >= 15 is 0 Å². The van der Waals surface area contributed by atoms with E-state index in [0.29, 0.717) is 25.7 Å². The van der Waals surface area contributed by atoms with E-state index in [1.807, 2.05) is 11.0 Å². The molecule has 3 aliphatic rings. The Labute approximate surface area is 198 Å². The molecule has 0 radical (unpaired) electrons. The smallest absolute Gasteiger partial charge is 0.254 e. The second kappa shape index (κ2) is 9.86. The van der Waals surface area contributed by atoms with Crippen molar-refractivity contribution in [2.45, 2.75) is 63.6 Å². The van der Waals surface area contributed by atoms with E-state index in [9.17, 15) is 9.90 Å². The molecule has 5 heteroatoms. The number of nitrogens with zero attached hydrogens (tertiary/aromatic N) is 3. The van der Waals surface area contributed by atoms with Gasteiger partial charge in [-0.3, -0.25) is 9.69 Å². The largest absolute Gasteiger partial charge is 0.390 e. The molecule has 2 aromatic rings. The van der Waals surface area contributed by atoms with Crippen LogP contribution in [0.3, 0.4) is 0 Å². The average Bonchev–Trinajstić information content (AvgIpc) is 2.85. The number of rotatable bonds is 6. The molecule has 1 saturated carbocycles. The van der Waals surface area contributed by atoms with E-state index in [1.54, 1.807) is 0 Å². The van der Waals surface area contributed by atoms with Gasteiger partial charge in [0.15, 0.2) is 0 Å². The fourth-order valence-corrected chi connectivity index (χ4v) is 5.92. The maximum absolute atomic E-state index is 13.2. The Balaban J connectivity index is 1.19. The minimum Gasteiger partial charge on any atom is -0.390 e. The zero-order valence-corrected chi connectivity index (χ0v) is 19.9. The van der Waals surface area contributed by atoms with Gasteiger partial charge in [-0.2, -0.15) is 0 Å². The molecule has 2 heterocycles. The Morgan fingerprint density at radius 3 is 2.55 bits per heavy atom. The summed E-state index contributed by atoms with van der Waals surface area (Å²) >= 11 is 0. The number of anilines is 1. The van der Waals surface area contributed by atoms with Crippen LogP contribution in [-0.2, 0) is 19.4 Å². The lowest BCUT2D eigenvalue weighted by atomic mass is 9.93. The number of aliphatic hydroxyl groups excluding tert-OH is 1. The number of aliphatic hydroxyl groups is 1. The van der Waals surface area contributed by atoms with Crippen molar-refractivity contribution in [3.8, 4) is 0 Å². The molecule has 1 amide bonds.